The van der Waals surface area contributed by atoms with E-state index >= 15 is 0 Å². The van der Waals surface area contributed by atoms with Crippen LogP contribution >= 0.6 is 11.6 Å². The van der Waals surface area contributed by atoms with E-state index in [1.807, 2.05) is 16.8 Å². The summed E-state index contributed by atoms with van der Waals surface area (Å²) in [7, 11) is 1.55. The molecular formula is C21H26ClN5O3. The summed E-state index contributed by atoms with van der Waals surface area (Å²) in [6, 6.07) is 5.59. The average molecular weight is 432 g/mol. The van der Waals surface area contributed by atoms with E-state index in [-0.39, 0.29) is 6.61 Å². The molecule has 3 aromatic rings. The highest BCUT2D eigenvalue weighted by molar-refractivity contribution is 6.32. The topological polar surface area (TPSA) is 97.3 Å². The molecule has 1 aromatic carbocycles. The van der Waals surface area contributed by atoms with Gasteiger partial charge in [-0.3, -0.25) is 0 Å². The van der Waals surface area contributed by atoms with E-state index in [1.165, 1.54) is 0 Å². The summed E-state index contributed by atoms with van der Waals surface area (Å²) in [5.41, 5.74) is 10.8. The number of anilines is 2. The molecule has 3 heterocycles. The maximum atomic E-state index is 9.85. The number of aliphatic hydroxyl groups is 1. The molecule has 1 aliphatic heterocycles. The van der Waals surface area contributed by atoms with Crippen LogP contribution in [0.1, 0.15) is 5.56 Å². The van der Waals surface area contributed by atoms with Crippen molar-refractivity contribution in [3.63, 3.8) is 0 Å². The largest absolute Gasteiger partial charge is 0.495 e. The molecule has 4 rings (SSSR count). The summed E-state index contributed by atoms with van der Waals surface area (Å²) in [5, 5.41) is 13.7. The van der Waals surface area contributed by atoms with Crippen molar-refractivity contribution in [2.24, 2.45) is 5.73 Å². The highest BCUT2D eigenvalue weighted by atomic mass is 35.5. The molecule has 8 nitrogen and oxygen atoms in total. The molecule has 0 amide bonds. The zero-order valence-corrected chi connectivity index (χ0v) is 17.7. The van der Waals surface area contributed by atoms with Gasteiger partial charge in [0.15, 0.2) is 0 Å². The smallest absolute Gasteiger partial charge is 0.139 e. The minimum atomic E-state index is -0.140. The van der Waals surface area contributed by atoms with Gasteiger partial charge in [-0.2, -0.15) is 0 Å². The first kappa shape index (κ1) is 20.7. The van der Waals surface area contributed by atoms with Gasteiger partial charge in [0.2, 0.25) is 0 Å². The fourth-order valence-corrected chi connectivity index (χ4v) is 3.92. The molecule has 0 unspecified atom stereocenters. The second-order valence-electron chi connectivity index (χ2n) is 7.08. The Morgan fingerprint density at radius 2 is 2.07 bits per heavy atom. The number of nitrogens with zero attached hydrogens (tertiary/aromatic N) is 3. The van der Waals surface area contributed by atoms with Crippen molar-refractivity contribution >= 4 is 28.6 Å². The van der Waals surface area contributed by atoms with Crippen LogP contribution in [0.15, 0.2) is 30.6 Å². The van der Waals surface area contributed by atoms with Crippen molar-refractivity contribution in [2.75, 3.05) is 56.7 Å². The molecule has 0 aliphatic carbocycles. The van der Waals surface area contributed by atoms with Crippen LogP contribution in [0.5, 0.6) is 5.75 Å². The van der Waals surface area contributed by atoms with E-state index in [9.17, 15) is 5.11 Å². The Kier molecular flexibility index (Phi) is 6.29. The van der Waals surface area contributed by atoms with Crippen molar-refractivity contribution < 1.29 is 14.6 Å². The molecule has 9 heteroatoms. The Morgan fingerprint density at radius 3 is 2.77 bits per heavy atom. The molecule has 0 spiro atoms. The average Bonchev–Trinajstić information content (AvgIpc) is 3.20. The van der Waals surface area contributed by atoms with Crippen LogP contribution < -0.4 is 20.7 Å². The minimum absolute atomic E-state index is 0.140. The van der Waals surface area contributed by atoms with E-state index in [0.29, 0.717) is 42.6 Å². The Hall–Kier alpha value is -2.52. The highest BCUT2D eigenvalue weighted by Crippen LogP contribution is 2.35. The molecule has 4 N–H and O–H groups in total. The molecule has 2 aromatic heterocycles. The normalized spacial score (nSPS) is 14.3. The lowest BCUT2D eigenvalue weighted by molar-refractivity contribution is 0.123. The van der Waals surface area contributed by atoms with Crippen molar-refractivity contribution in [1.82, 2.24) is 9.38 Å². The third kappa shape index (κ3) is 4.04. The second-order valence-corrected chi connectivity index (χ2v) is 7.49. The Balaban J connectivity index is 1.79. The molecule has 0 radical (unpaired) electrons. The summed E-state index contributed by atoms with van der Waals surface area (Å²) in [5.74, 6) is 0.524. The summed E-state index contributed by atoms with van der Waals surface area (Å²) in [6.07, 6.45) is 3.96. The molecule has 30 heavy (non-hydrogen) atoms. The fraction of sp³-hybridized carbons (Fsp3) is 0.381. The lowest BCUT2D eigenvalue weighted by atomic mass is 10.1. The van der Waals surface area contributed by atoms with Crippen LogP contribution in [-0.4, -0.2) is 61.0 Å². The van der Waals surface area contributed by atoms with Gasteiger partial charge in [-0.05, 0) is 17.7 Å². The predicted molar refractivity (Wildman–Crippen MR) is 119 cm³/mol. The molecule has 1 aliphatic rings. The number of benzene rings is 1. The highest BCUT2D eigenvalue weighted by Gasteiger charge is 2.18. The number of methoxy groups -OCH3 is 1. The lowest BCUT2D eigenvalue weighted by Crippen LogP contribution is -2.36. The van der Waals surface area contributed by atoms with E-state index in [0.717, 1.165) is 41.4 Å². The van der Waals surface area contributed by atoms with E-state index in [2.05, 4.69) is 16.3 Å². The van der Waals surface area contributed by atoms with Gasteiger partial charge in [-0.25, -0.2) is 4.98 Å². The third-order valence-corrected chi connectivity index (χ3v) is 5.50. The van der Waals surface area contributed by atoms with Crippen LogP contribution in [0.25, 0.3) is 16.9 Å². The number of rotatable bonds is 7. The fourth-order valence-electron chi connectivity index (χ4n) is 3.68. The van der Waals surface area contributed by atoms with Crippen LogP contribution in [0.3, 0.4) is 0 Å². The number of aliphatic hydroxyl groups excluding tert-OH is 1. The van der Waals surface area contributed by atoms with E-state index in [4.69, 9.17) is 31.8 Å². The predicted octanol–water partition coefficient (Wildman–Crippen LogP) is 2.36. The summed E-state index contributed by atoms with van der Waals surface area (Å²) in [4.78, 5) is 7.10. The van der Waals surface area contributed by atoms with Gasteiger partial charge in [0.1, 0.15) is 11.4 Å². The second kappa shape index (κ2) is 9.09. The van der Waals surface area contributed by atoms with Gasteiger partial charge >= 0.3 is 0 Å². The number of ether oxygens (including phenoxy) is 2. The zero-order valence-electron chi connectivity index (χ0n) is 16.9. The van der Waals surface area contributed by atoms with Crippen molar-refractivity contribution in [1.29, 1.82) is 0 Å². The van der Waals surface area contributed by atoms with Gasteiger partial charge in [0.25, 0.3) is 0 Å². The summed E-state index contributed by atoms with van der Waals surface area (Å²) in [6.45, 7) is 4.12. The Labute approximate surface area is 180 Å². The van der Waals surface area contributed by atoms with E-state index in [1.54, 1.807) is 19.2 Å². The number of aromatic nitrogens is 2. The van der Waals surface area contributed by atoms with Crippen LogP contribution in [-0.2, 0) is 11.3 Å². The number of imidazole rings is 1. The van der Waals surface area contributed by atoms with Gasteiger partial charge in [0, 0.05) is 50.2 Å². The number of halogens is 1. The molecule has 0 atom stereocenters. The van der Waals surface area contributed by atoms with Crippen LogP contribution in [0, 0.1) is 0 Å². The van der Waals surface area contributed by atoms with Gasteiger partial charge in [-0.15, -0.1) is 0 Å². The Morgan fingerprint density at radius 1 is 1.27 bits per heavy atom. The molecule has 0 saturated carbocycles. The number of nitrogens with two attached hydrogens (primary N) is 1. The number of hydrogen-bond acceptors (Lipinski definition) is 7. The van der Waals surface area contributed by atoms with Crippen molar-refractivity contribution in [3.8, 4) is 17.0 Å². The van der Waals surface area contributed by atoms with Crippen molar-refractivity contribution in [2.45, 2.75) is 6.61 Å². The maximum absolute atomic E-state index is 9.85. The minimum Gasteiger partial charge on any atom is -0.495 e. The molecular weight excluding hydrogens is 406 g/mol. The van der Waals surface area contributed by atoms with Crippen LogP contribution in [0.2, 0.25) is 5.02 Å². The van der Waals surface area contributed by atoms with Crippen LogP contribution in [0.4, 0.5) is 11.4 Å². The number of nitrogens with one attached hydrogen (secondary N) is 1. The molecule has 1 saturated heterocycles. The quantitative estimate of drug-likeness (QED) is 0.528. The Bertz CT molecular complexity index is 1030. The van der Waals surface area contributed by atoms with E-state index < -0.39 is 0 Å². The monoisotopic (exact) mass is 431 g/mol. The number of morpholine rings is 1. The number of pyridine rings is 1. The van der Waals surface area contributed by atoms with Gasteiger partial charge in [0.05, 0.1) is 49.0 Å². The van der Waals surface area contributed by atoms with Gasteiger partial charge < -0.3 is 34.9 Å². The first-order valence-electron chi connectivity index (χ1n) is 9.91. The zero-order chi connectivity index (χ0) is 21.1. The first-order valence-corrected chi connectivity index (χ1v) is 10.3. The SMILES string of the molecule is COc1cc(CO)c(-c2cn3cc(NCCN)c(N4CCOCC4)cc3n2)cc1Cl. The number of fused-ring (bicyclic) bond motifs is 1. The lowest BCUT2D eigenvalue weighted by Gasteiger charge is -2.30. The third-order valence-electron chi connectivity index (χ3n) is 5.21. The van der Waals surface area contributed by atoms with Gasteiger partial charge in [-0.1, -0.05) is 11.6 Å². The molecule has 0 bridgehead atoms. The van der Waals surface area contributed by atoms with Crippen molar-refractivity contribution in [3.05, 3.63) is 41.2 Å². The standard InChI is InChI=1S/C21H26ClN5O3/c1-29-20-8-14(13-28)15(9-16(20)22)17-11-27-12-18(24-3-2-23)19(10-21(27)25-17)26-4-6-30-7-5-26/h8-12,24,28H,2-7,13,23H2,1H3. The summed E-state index contributed by atoms with van der Waals surface area (Å²) < 4.78 is 12.7. The summed E-state index contributed by atoms with van der Waals surface area (Å²) >= 11 is 6.33. The molecule has 160 valence electrons. The maximum Gasteiger partial charge on any atom is 0.139 e. The first-order chi connectivity index (χ1) is 14.6. The number of hydrogen-bond donors (Lipinski definition) is 3. The molecule has 1 fully saturated rings.